The number of hydrogen-bond donors (Lipinski definition) is 0. The van der Waals surface area contributed by atoms with Gasteiger partial charge in [0.15, 0.2) is 11.5 Å². The number of piperidine rings is 1. The SMILES string of the molecule is CCOc1ccc(C(=O)N2CCCC(Cc3nc(-c4cnccn4)no3)C2)cc1OCC. The largest absolute Gasteiger partial charge is 0.490 e. The Kier molecular flexibility index (Phi) is 6.94. The summed E-state index contributed by atoms with van der Waals surface area (Å²) in [6.45, 7) is 6.23. The molecule has 3 heterocycles. The number of carbonyl (C=O) groups excluding carboxylic acids is 1. The topological polar surface area (TPSA) is 103 Å². The lowest BCUT2D eigenvalue weighted by atomic mass is 9.94. The average Bonchev–Trinajstić information content (AvgIpc) is 3.29. The van der Waals surface area contributed by atoms with Gasteiger partial charge in [-0.15, -0.1) is 0 Å². The highest BCUT2D eigenvalue weighted by Crippen LogP contribution is 2.30. The van der Waals surface area contributed by atoms with Crippen LogP contribution >= 0.6 is 0 Å². The first-order valence-corrected chi connectivity index (χ1v) is 11.0. The van der Waals surface area contributed by atoms with E-state index in [-0.39, 0.29) is 11.8 Å². The van der Waals surface area contributed by atoms with Gasteiger partial charge in [0.25, 0.3) is 5.91 Å². The standard InChI is InChI=1S/C23H27N5O4/c1-3-30-19-8-7-17(13-20(19)31-4-2)23(29)28-11-5-6-16(15-28)12-21-26-22(27-32-21)18-14-24-9-10-25-18/h7-10,13-14,16H,3-6,11-12,15H2,1-2H3. The Morgan fingerprint density at radius 3 is 2.81 bits per heavy atom. The van der Waals surface area contributed by atoms with Gasteiger partial charge >= 0.3 is 0 Å². The Bertz CT molecular complexity index is 1040. The second-order valence-corrected chi connectivity index (χ2v) is 7.59. The highest BCUT2D eigenvalue weighted by atomic mass is 16.5. The van der Waals surface area contributed by atoms with Crippen molar-refractivity contribution in [3.63, 3.8) is 0 Å². The van der Waals surface area contributed by atoms with Crippen molar-refractivity contribution in [2.24, 2.45) is 5.92 Å². The van der Waals surface area contributed by atoms with E-state index in [0.717, 1.165) is 19.4 Å². The smallest absolute Gasteiger partial charge is 0.254 e. The van der Waals surface area contributed by atoms with Crippen molar-refractivity contribution in [1.82, 2.24) is 25.0 Å². The molecule has 0 saturated carbocycles. The lowest BCUT2D eigenvalue weighted by Gasteiger charge is -2.32. The lowest BCUT2D eigenvalue weighted by Crippen LogP contribution is -2.40. The van der Waals surface area contributed by atoms with Crippen molar-refractivity contribution in [1.29, 1.82) is 0 Å². The Morgan fingerprint density at radius 2 is 2.03 bits per heavy atom. The first kappa shape index (κ1) is 21.7. The van der Waals surface area contributed by atoms with Gasteiger partial charge in [-0.3, -0.25) is 9.78 Å². The fourth-order valence-electron chi connectivity index (χ4n) is 3.89. The number of ether oxygens (including phenoxy) is 2. The van der Waals surface area contributed by atoms with E-state index in [0.29, 0.717) is 60.7 Å². The van der Waals surface area contributed by atoms with E-state index >= 15 is 0 Å². The van der Waals surface area contributed by atoms with Gasteiger partial charge in [-0.25, -0.2) is 4.98 Å². The van der Waals surface area contributed by atoms with E-state index in [4.69, 9.17) is 14.0 Å². The van der Waals surface area contributed by atoms with Crippen LogP contribution in [0.25, 0.3) is 11.5 Å². The summed E-state index contributed by atoms with van der Waals surface area (Å²) in [6.07, 6.45) is 7.33. The zero-order valence-corrected chi connectivity index (χ0v) is 18.4. The molecule has 1 aromatic carbocycles. The Labute approximate surface area is 186 Å². The van der Waals surface area contributed by atoms with Crippen LogP contribution in [0.3, 0.4) is 0 Å². The summed E-state index contributed by atoms with van der Waals surface area (Å²) in [5, 5.41) is 4.01. The van der Waals surface area contributed by atoms with Crippen LogP contribution in [0.1, 0.15) is 42.9 Å². The minimum Gasteiger partial charge on any atom is -0.490 e. The van der Waals surface area contributed by atoms with Gasteiger partial charge in [0.1, 0.15) is 5.69 Å². The fourth-order valence-corrected chi connectivity index (χ4v) is 3.89. The van der Waals surface area contributed by atoms with Gasteiger partial charge in [0, 0.05) is 37.5 Å². The maximum atomic E-state index is 13.2. The molecule has 0 radical (unpaired) electrons. The quantitative estimate of drug-likeness (QED) is 0.528. The molecular formula is C23H27N5O4. The van der Waals surface area contributed by atoms with Gasteiger partial charge < -0.3 is 18.9 Å². The molecule has 2 aromatic heterocycles. The summed E-state index contributed by atoms with van der Waals surface area (Å²) < 4.78 is 16.7. The van der Waals surface area contributed by atoms with Crippen molar-refractivity contribution >= 4 is 5.91 Å². The molecule has 1 saturated heterocycles. The maximum absolute atomic E-state index is 13.2. The molecule has 1 aliphatic heterocycles. The van der Waals surface area contributed by atoms with Gasteiger partial charge in [0.2, 0.25) is 11.7 Å². The molecule has 9 nitrogen and oxygen atoms in total. The molecule has 1 amide bonds. The van der Waals surface area contributed by atoms with Crippen LogP contribution in [0.4, 0.5) is 0 Å². The molecule has 0 aliphatic carbocycles. The van der Waals surface area contributed by atoms with Crippen molar-refractivity contribution in [3.8, 4) is 23.0 Å². The number of nitrogens with zero attached hydrogens (tertiary/aromatic N) is 5. The molecule has 1 atom stereocenters. The van der Waals surface area contributed by atoms with Gasteiger partial charge in [0.05, 0.1) is 19.4 Å². The predicted molar refractivity (Wildman–Crippen MR) is 116 cm³/mol. The van der Waals surface area contributed by atoms with E-state index in [1.54, 1.807) is 36.8 Å². The summed E-state index contributed by atoms with van der Waals surface area (Å²) in [7, 11) is 0. The molecule has 1 unspecified atom stereocenters. The number of likely N-dealkylation sites (tertiary alicyclic amines) is 1. The number of rotatable bonds is 8. The summed E-state index contributed by atoms with van der Waals surface area (Å²) in [5.41, 5.74) is 1.17. The predicted octanol–water partition coefficient (Wildman–Crippen LogP) is 3.42. The van der Waals surface area contributed by atoms with Crippen LogP contribution in [-0.2, 0) is 6.42 Å². The highest BCUT2D eigenvalue weighted by molar-refractivity contribution is 5.95. The maximum Gasteiger partial charge on any atom is 0.254 e. The minimum absolute atomic E-state index is 0.00974. The van der Waals surface area contributed by atoms with Gasteiger partial charge in [-0.2, -0.15) is 4.98 Å². The van der Waals surface area contributed by atoms with E-state index in [2.05, 4.69) is 20.1 Å². The fraction of sp³-hybridized carbons (Fsp3) is 0.435. The van der Waals surface area contributed by atoms with Crippen molar-refractivity contribution in [2.45, 2.75) is 33.1 Å². The summed E-state index contributed by atoms with van der Waals surface area (Å²) in [4.78, 5) is 27.7. The molecule has 0 spiro atoms. The van der Waals surface area contributed by atoms with Crippen molar-refractivity contribution < 1.29 is 18.8 Å². The Hall–Kier alpha value is -3.49. The lowest BCUT2D eigenvalue weighted by molar-refractivity contribution is 0.0667. The number of aromatic nitrogens is 4. The third kappa shape index (κ3) is 5.04. The van der Waals surface area contributed by atoms with E-state index in [1.165, 1.54) is 0 Å². The molecule has 3 aromatic rings. The van der Waals surface area contributed by atoms with Crippen LogP contribution in [0, 0.1) is 5.92 Å². The van der Waals surface area contributed by atoms with Crippen LogP contribution in [0.2, 0.25) is 0 Å². The summed E-state index contributed by atoms with van der Waals surface area (Å²) in [6, 6.07) is 5.37. The highest BCUT2D eigenvalue weighted by Gasteiger charge is 2.27. The second kappa shape index (κ2) is 10.2. The number of hydrogen-bond acceptors (Lipinski definition) is 8. The normalized spacial score (nSPS) is 16.1. The molecule has 1 fully saturated rings. The second-order valence-electron chi connectivity index (χ2n) is 7.59. The number of benzene rings is 1. The molecule has 9 heteroatoms. The van der Waals surface area contributed by atoms with Gasteiger partial charge in [-0.05, 0) is 50.8 Å². The van der Waals surface area contributed by atoms with Crippen LogP contribution in [-0.4, -0.2) is 57.2 Å². The van der Waals surface area contributed by atoms with Gasteiger partial charge in [-0.1, -0.05) is 5.16 Å². The molecule has 32 heavy (non-hydrogen) atoms. The molecule has 0 bridgehead atoms. The third-order valence-electron chi connectivity index (χ3n) is 5.32. The molecule has 0 N–H and O–H groups in total. The minimum atomic E-state index is -0.00974. The monoisotopic (exact) mass is 437 g/mol. The molecule has 168 valence electrons. The number of amides is 1. The Morgan fingerprint density at radius 1 is 1.19 bits per heavy atom. The van der Waals surface area contributed by atoms with E-state index in [9.17, 15) is 4.79 Å². The molecular weight excluding hydrogens is 410 g/mol. The van der Waals surface area contributed by atoms with E-state index < -0.39 is 0 Å². The van der Waals surface area contributed by atoms with Crippen LogP contribution in [0.5, 0.6) is 11.5 Å². The zero-order valence-electron chi connectivity index (χ0n) is 18.4. The van der Waals surface area contributed by atoms with Crippen molar-refractivity contribution in [3.05, 3.63) is 48.2 Å². The summed E-state index contributed by atoms with van der Waals surface area (Å²) >= 11 is 0. The van der Waals surface area contributed by atoms with E-state index in [1.807, 2.05) is 18.7 Å². The Balaban J connectivity index is 1.42. The average molecular weight is 438 g/mol. The first-order chi connectivity index (χ1) is 15.7. The van der Waals surface area contributed by atoms with Crippen molar-refractivity contribution in [2.75, 3.05) is 26.3 Å². The summed E-state index contributed by atoms with van der Waals surface area (Å²) in [5.74, 6) is 2.45. The van der Waals surface area contributed by atoms with Crippen LogP contribution in [0.15, 0.2) is 41.3 Å². The third-order valence-corrected chi connectivity index (χ3v) is 5.32. The molecule has 4 rings (SSSR count). The first-order valence-electron chi connectivity index (χ1n) is 11.0. The number of carbonyl (C=O) groups is 1. The van der Waals surface area contributed by atoms with Crippen LogP contribution < -0.4 is 9.47 Å². The zero-order chi connectivity index (χ0) is 22.3. The molecule has 1 aliphatic rings.